The van der Waals surface area contributed by atoms with Gasteiger partial charge in [0.1, 0.15) is 11.6 Å². The summed E-state index contributed by atoms with van der Waals surface area (Å²) in [5.74, 6) is 0.713. The maximum atomic E-state index is 12.8. The first kappa shape index (κ1) is 20.5. The molecule has 2 saturated heterocycles. The summed E-state index contributed by atoms with van der Waals surface area (Å²) < 4.78 is 7.18. The van der Waals surface area contributed by atoms with Crippen molar-refractivity contribution in [2.24, 2.45) is 0 Å². The number of nitrogens with zero attached hydrogens (tertiary/aromatic N) is 4. The van der Waals surface area contributed by atoms with Crippen LogP contribution in [0.1, 0.15) is 15.9 Å². The average molecular weight is 452 g/mol. The van der Waals surface area contributed by atoms with Crippen LogP contribution in [-0.2, 0) is 16.0 Å². The van der Waals surface area contributed by atoms with E-state index >= 15 is 0 Å². The molecule has 1 unspecified atom stereocenters. The molecule has 164 valence electrons. The van der Waals surface area contributed by atoms with Crippen LogP contribution < -0.4 is 15.5 Å². The first-order valence-corrected chi connectivity index (χ1v) is 11.0. The summed E-state index contributed by atoms with van der Waals surface area (Å²) in [6, 6.07) is 10.6. The van der Waals surface area contributed by atoms with Gasteiger partial charge in [0, 0.05) is 30.8 Å². The highest BCUT2D eigenvalue weighted by molar-refractivity contribution is 8.15. The van der Waals surface area contributed by atoms with Crippen molar-refractivity contribution in [1.82, 2.24) is 19.9 Å². The molecule has 0 spiro atoms. The number of thioether (sulfide) groups is 1. The second-order valence-electron chi connectivity index (χ2n) is 7.44. The van der Waals surface area contributed by atoms with Gasteiger partial charge in [-0.3, -0.25) is 19.7 Å². The molecule has 11 heteroatoms. The van der Waals surface area contributed by atoms with Crippen LogP contribution in [-0.4, -0.2) is 63.2 Å². The quantitative estimate of drug-likeness (QED) is 0.601. The fraction of sp³-hybridized carbons (Fsp3) is 0.286. The Morgan fingerprint density at radius 1 is 1.19 bits per heavy atom. The number of hydrogen-bond acceptors (Lipinski definition) is 8. The molecule has 0 saturated carbocycles. The molecule has 2 N–H and O–H groups in total. The largest absolute Gasteiger partial charge is 0.378 e. The van der Waals surface area contributed by atoms with Gasteiger partial charge >= 0.3 is 0 Å². The van der Waals surface area contributed by atoms with E-state index < -0.39 is 5.25 Å². The van der Waals surface area contributed by atoms with E-state index in [1.54, 1.807) is 41.0 Å². The zero-order valence-corrected chi connectivity index (χ0v) is 17.8. The van der Waals surface area contributed by atoms with Crippen molar-refractivity contribution in [3.8, 4) is 0 Å². The highest BCUT2D eigenvalue weighted by atomic mass is 32.2. The Kier molecular flexibility index (Phi) is 5.50. The number of carbonyl (C=O) groups excluding carboxylic acids is 3. The van der Waals surface area contributed by atoms with Crippen molar-refractivity contribution in [2.45, 2.75) is 11.7 Å². The molecule has 2 fully saturated rings. The number of rotatable bonds is 5. The van der Waals surface area contributed by atoms with Crippen LogP contribution in [0.3, 0.4) is 0 Å². The normalized spacial score (nSPS) is 18.8. The molecule has 0 bridgehead atoms. The van der Waals surface area contributed by atoms with E-state index in [0.29, 0.717) is 36.7 Å². The van der Waals surface area contributed by atoms with Crippen LogP contribution in [0.25, 0.3) is 5.65 Å². The Morgan fingerprint density at radius 3 is 2.69 bits per heavy atom. The lowest BCUT2D eigenvalue weighted by Crippen LogP contribution is -2.37. The van der Waals surface area contributed by atoms with Gasteiger partial charge in [0.15, 0.2) is 5.65 Å². The van der Waals surface area contributed by atoms with Gasteiger partial charge in [0.25, 0.3) is 11.1 Å². The molecule has 1 atom stereocenters. The summed E-state index contributed by atoms with van der Waals surface area (Å²) in [6.45, 7) is 2.73. The lowest BCUT2D eigenvalue weighted by molar-refractivity contribution is -0.118. The zero-order valence-electron chi connectivity index (χ0n) is 17.0. The number of hydrogen-bond donors (Lipinski definition) is 2. The molecule has 0 aliphatic carbocycles. The summed E-state index contributed by atoms with van der Waals surface area (Å²) in [7, 11) is 0. The van der Waals surface area contributed by atoms with E-state index in [0.717, 1.165) is 36.2 Å². The fourth-order valence-corrected chi connectivity index (χ4v) is 4.56. The van der Waals surface area contributed by atoms with Crippen LogP contribution in [0, 0.1) is 0 Å². The summed E-state index contributed by atoms with van der Waals surface area (Å²) in [5.41, 5.74) is 1.98. The first-order chi connectivity index (χ1) is 15.6. The lowest BCUT2D eigenvalue weighted by atomic mass is 10.1. The number of aromatic nitrogens is 3. The van der Waals surface area contributed by atoms with Gasteiger partial charge in [-0.2, -0.15) is 9.61 Å². The number of carbonyl (C=O) groups is 3. The van der Waals surface area contributed by atoms with E-state index in [4.69, 9.17) is 4.74 Å². The summed E-state index contributed by atoms with van der Waals surface area (Å²) in [4.78, 5) is 42.5. The predicted molar refractivity (Wildman–Crippen MR) is 119 cm³/mol. The third-order valence-electron chi connectivity index (χ3n) is 5.32. The Morgan fingerprint density at radius 2 is 1.97 bits per heavy atom. The highest BCUT2D eigenvalue weighted by Gasteiger charge is 2.31. The molecule has 3 amide bonds. The zero-order chi connectivity index (χ0) is 22.1. The number of fused-ring (bicyclic) bond motifs is 1. The molecule has 2 aromatic heterocycles. The number of amides is 3. The average Bonchev–Trinajstić information content (AvgIpc) is 3.39. The van der Waals surface area contributed by atoms with Gasteiger partial charge in [-0.1, -0.05) is 23.9 Å². The Bertz CT molecular complexity index is 1190. The van der Waals surface area contributed by atoms with Crippen LogP contribution in [0.4, 0.5) is 16.4 Å². The molecule has 1 aromatic carbocycles. The molecule has 0 radical (unpaired) electrons. The summed E-state index contributed by atoms with van der Waals surface area (Å²) >= 11 is 0.989. The van der Waals surface area contributed by atoms with Gasteiger partial charge in [0.2, 0.25) is 5.91 Å². The number of anilines is 2. The topological polar surface area (TPSA) is 118 Å². The van der Waals surface area contributed by atoms with Crippen LogP contribution in [0.5, 0.6) is 0 Å². The Labute approximate surface area is 187 Å². The second kappa shape index (κ2) is 8.60. The molecular weight excluding hydrogens is 432 g/mol. The van der Waals surface area contributed by atoms with Gasteiger partial charge < -0.3 is 15.0 Å². The number of benzene rings is 1. The predicted octanol–water partition coefficient (Wildman–Crippen LogP) is 1.71. The molecular formula is C21H20N6O4S. The third-order valence-corrected chi connectivity index (χ3v) is 6.30. The van der Waals surface area contributed by atoms with Crippen LogP contribution in [0.2, 0.25) is 0 Å². The second-order valence-corrected chi connectivity index (χ2v) is 8.61. The number of ether oxygens (including phenoxy) is 1. The number of morpholine rings is 1. The van der Waals surface area contributed by atoms with E-state index in [-0.39, 0.29) is 17.1 Å². The van der Waals surface area contributed by atoms with Crippen LogP contribution >= 0.6 is 11.8 Å². The molecule has 3 aromatic rings. The van der Waals surface area contributed by atoms with Crippen molar-refractivity contribution in [1.29, 1.82) is 0 Å². The smallest absolute Gasteiger partial charge is 0.286 e. The van der Waals surface area contributed by atoms with E-state index in [2.05, 4.69) is 25.6 Å². The monoisotopic (exact) mass is 452 g/mol. The van der Waals surface area contributed by atoms with Crippen molar-refractivity contribution in [3.05, 3.63) is 53.7 Å². The van der Waals surface area contributed by atoms with E-state index in [1.807, 2.05) is 6.07 Å². The van der Waals surface area contributed by atoms with Crippen molar-refractivity contribution >= 4 is 46.1 Å². The number of nitrogens with one attached hydrogen (secondary N) is 2. The highest BCUT2D eigenvalue weighted by Crippen LogP contribution is 2.24. The van der Waals surface area contributed by atoms with E-state index in [1.165, 1.54) is 0 Å². The minimum atomic E-state index is -0.438. The standard InChI is InChI=1S/C21H20N6O4S/c28-19(14-3-1-13(2-4-14)11-15-20(29)25-21(30)32-15)24-16-12-18(26-7-9-31-10-8-26)27-17(23-16)5-6-22-27/h1-6,12,15H,7-11H2,(H,23,24,28)(H,25,29,30). The van der Waals surface area contributed by atoms with Gasteiger partial charge in [-0.25, -0.2) is 4.98 Å². The van der Waals surface area contributed by atoms with Crippen molar-refractivity contribution in [3.63, 3.8) is 0 Å². The fourth-order valence-electron chi connectivity index (χ4n) is 3.70. The van der Waals surface area contributed by atoms with Gasteiger partial charge in [-0.15, -0.1) is 0 Å². The number of imide groups is 1. The maximum absolute atomic E-state index is 12.8. The molecule has 2 aliphatic heterocycles. The summed E-state index contributed by atoms with van der Waals surface area (Å²) in [6.07, 6.45) is 2.10. The van der Waals surface area contributed by atoms with Gasteiger partial charge in [-0.05, 0) is 24.1 Å². The first-order valence-electron chi connectivity index (χ1n) is 10.2. The van der Waals surface area contributed by atoms with Gasteiger partial charge in [0.05, 0.1) is 24.7 Å². The third kappa shape index (κ3) is 4.16. The molecule has 4 heterocycles. The minimum absolute atomic E-state index is 0.278. The van der Waals surface area contributed by atoms with E-state index in [9.17, 15) is 14.4 Å². The Hall–Kier alpha value is -3.44. The lowest BCUT2D eigenvalue weighted by Gasteiger charge is -2.29. The Balaban J connectivity index is 1.31. The van der Waals surface area contributed by atoms with Crippen molar-refractivity contribution in [2.75, 3.05) is 36.5 Å². The molecule has 2 aliphatic rings. The van der Waals surface area contributed by atoms with Crippen molar-refractivity contribution < 1.29 is 19.1 Å². The minimum Gasteiger partial charge on any atom is -0.378 e. The molecule has 10 nitrogen and oxygen atoms in total. The SMILES string of the molecule is O=C1NC(=O)C(Cc2ccc(C(=O)Nc3cc(N4CCOCC4)n4nccc4n3)cc2)S1. The van der Waals surface area contributed by atoms with Crippen LogP contribution in [0.15, 0.2) is 42.6 Å². The summed E-state index contributed by atoms with van der Waals surface area (Å²) in [5, 5.41) is 8.72. The molecule has 32 heavy (non-hydrogen) atoms. The maximum Gasteiger partial charge on any atom is 0.286 e. The molecule has 5 rings (SSSR count).